The molecule has 0 unspecified atom stereocenters. The van der Waals surface area contributed by atoms with E-state index in [2.05, 4.69) is 14.9 Å². The number of ether oxygens (including phenoxy) is 1. The van der Waals surface area contributed by atoms with E-state index in [9.17, 15) is 0 Å². The maximum absolute atomic E-state index is 5.89. The van der Waals surface area contributed by atoms with Crippen molar-refractivity contribution in [3.63, 3.8) is 0 Å². The monoisotopic (exact) mass is 222 g/mol. The van der Waals surface area contributed by atoms with Gasteiger partial charge in [-0.2, -0.15) is 0 Å². The maximum Gasteiger partial charge on any atom is 0.137 e. The Morgan fingerprint density at radius 2 is 2.00 bits per heavy atom. The lowest BCUT2D eigenvalue weighted by atomic mass is 10.2. The smallest absolute Gasteiger partial charge is 0.137 e. The van der Waals surface area contributed by atoms with Gasteiger partial charge in [0.15, 0.2) is 0 Å². The van der Waals surface area contributed by atoms with E-state index in [0.717, 1.165) is 49.9 Å². The van der Waals surface area contributed by atoms with Gasteiger partial charge < -0.3 is 15.4 Å². The molecule has 88 valence electrons. The van der Waals surface area contributed by atoms with Gasteiger partial charge in [0.25, 0.3) is 0 Å². The molecule has 5 nitrogen and oxygen atoms in total. The molecule has 2 rings (SSSR count). The van der Waals surface area contributed by atoms with E-state index < -0.39 is 0 Å². The SMILES string of the molecule is CCc1nc(N)c(C)c(N2CCOCC2)n1. The summed E-state index contributed by atoms with van der Waals surface area (Å²) in [7, 11) is 0. The summed E-state index contributed by atoms with van der Waals surface area (Å²) in [4.78, 5) is 11.0. The number of aryl methyl sites for hydroxylation is 1. The summed E-state index contributed by atoms with van der Waals surface area (Å²) in [5.74, 6) is 2.37. The van der Waals surface area contributed by atoms with Crippen LogP contribution in [-0.4, -0.2) is 36.3 Å². The molecule has 2 heterocycles. The lowest BCUT2D eigenvalue weighted by Crippen LogP contribution is -2.37. The highest BCUT2D eigenvalue weighted by molar-refractivity contribution is 5.56. The van der Waals surface area contributed by atoms with Crippen molar-refractivity contribution in [3.05, 3.63) is 11.4 Å². The second kappa shape index (κ2) is 4.65. The predicted octanol–water partition coefficient (Wildman–Crippen LogP) is 0.766. The minimum Gasteiger partial charge on any atom is -0.383 e. The van der Waals surface area contributed by atoms with Crippen molar-refractivity contribution >= 4 is 11.6 Å². The molecule has 0 saturated carbocycles. The number of rotatable bonds is 2. The Morgan fingerprint density at radius 1 is 1.31 bits per heavy atom. The highest BCUT2D eigenvalue weighted by Crippen LogP contribution is 2.22. The highest BCUT2D eigenvalue weighted by atomic mass is 16.5. The summed E-state index contributed by atoms with van der Waals surface area (Å²) in [5, 5.41) is 0. The molecule has 1 fully saturated rings. The topological polar surface area (TPSA) is 64.3 Å². The molecule has 0 bridgehead atoms. The third kappa shape index (κ3) is 2.09. The van der Waals surface area contributed by atoms with Gasteiger partial charge in [-0.15, -0.1) is 0 Å². The molecule has 0 amide bonds. The Hall–Kier alpha value is -1.36. The van der Waals surface area contributed by atoms with Gasteiger partial charge in [0.05, 0.1) is 13.2 Å². The zero-order valence-corrected chi connectivity index (χ0v) is 9.86. The standard InChI is InChI=1S/C11H18N4O/c1-3-9-13-10(12)8(2)11(14-9)15-4-6-16-7-5-15/h3-7H2,1-2H3,(H2,12,13,14). The zero-order chi connectivity index (χ0) is 11.5. The van der Waals surface area contributed by atoms with Crippen LogP contribution in [0.3, 0.4) is 0 Å². The molecular formula is C11H18N4O. The van der Waals surface area contributed by atoms with Crippen molar-refractivity contribution in [3.8, 4) is 0 Å². The molecule has 1 aromatic heterocycles. The molecule has 1 saturated heterocycles. The first-order chi connectivity index (χ1) is 7.72. The second-order valence-electron chi connectivity index (χ2n) is 3.93. The summed E-state index contributed by atoms with van der Waals surface area (Å²) in [5.41, 5.74) is 6.87. The van der Waals surface area contributed by atoms with Crippen molar-refractivity contribution in [1.29, 1.82) is 0 Å². The second-order valence-corrected chi connectivity index (χ2v) is 3.93. The van der Waals surface area contributed by atoms with E-state index in [-0.39, 0.29) is 0 Å². The quantitative estimate of drug-likeness (QED) is 0.800. The first-order valence-electron chi connectivity index (χ1n) is 5.68. The molecule has 1 aliphatic rings. The average molecular weight is 222 g/mol. The van der Waals surface area contributed by atoms with Gasteiger partial charge in [-0.3, -0.25) is 0 Å². The minimum absolute atomic E-state index is 0.591. The normalized spacial score (nSPS) is 16.5. The lowest BCUT2D eigenvalue weighted by molar-refractivity contribution is 0.122. The number of hydrogen-bond acceptors (Lipinski definition) is 5. The van der Waals surface area contributed by atoms with E-state index in [1.54, 1.807) is 0 Å². The van der Waals surface area contributed by atoms with Crippen LogP contribution in [0.5, 0.6) is 0 Å². The van der Waals surface area contributed by atoms with E-state index in [4.69, 9.17) is 10.5 Å². The van der Waals surface area contributed by atoms with Crippen LogP contribution in [0, 0.1) is 6.92 Å². The summed E-state index contributed by atoms with van der Waals surface area (Å²) >= 11 is 0. The van der Waals surface area contributed by atoms with Gasteiger partial charge >= 0.3 is 0 Å². The van der Waals surface area contributed by atoms with Gasteiger partial charge in [0, 0.05) is 25.1 Å². The van der Waals surface area contributed by atoms with Gasteiger partial charge in [0.2, 0.25) is 0 Å². The Kier molecular flexibility index (Phi) is 3.24. The zero-order valence-electron chi connectivity index (χ0n) is 9.86. The molecule has 0 atom stereocenters. The molecule has 1 aromatic rings. The van der Waals surface area contributed by atoms with Crippen molar-refractivity contribution in [2.45, 2.75) is 20.3 Å². The molecule has 0 spiro atoms. The van der Waals surface area contributed by atoms with Crippen LogP contribution in [0.4, 0.5) is 11.6 Å². The van der Waals surface area contributed by atoms with E-state index >= 15 is 0 Å². The molecule has 1 aliphatic heterocycles. The van der Waals surface area contributed by atoms with E-state index in [1.807, 2.05) is 13.8 Å². The number of nitrogens with two attached hydrogens (primary N) is 1. The van der Waals surface area contributed by atoms with Crippen molar-refractivity contribution in [2.75, 3.05) is 36.9 Å². The summed E-state index contributed by atoms with van der Waals surface area (Å²) in [6.45, 7) is 7.27. The Bertz CT molecular complexity index is 374. The first kappa shape index (κ1) is 11.1. The van der Waals surface area contributed by atoms with Crippen LogP contribution >= 0.6 is 0 Å². The molecule has 5 heteroatoms. The predicted molar refractivity (Wildman–Crippen MR) is 63.6 cm³/mol. The van der Waals surface area contributed by atoms with Gasteiger partial charge in [-0.1, -0.05) is 6.92 Å². The number of nitrogens with zero attached hydrogens (tertiary/aromatic N) is 3. The number of anilines is 2. The fourth-order valence-corrected chi connectivity index (χ4v) is 1.81. The number of morpholine rings is 1. The van der Waals surface area contributed by atoms with Crippen LogP contribution in [-0.2, 0) is 11.2 Å². The highest BCUT2D eigenvalue weighted by Gasteiger charge is 2.17. The molecule has 0 radical (unpaired) electrons. The minimum atomic E-state index is 0.591. The number of nitrogen functional groups attached to an aromatic ring is 1. The van der Waals surface area contributed by atoms with Gasteiger partial charge in [-0.05, 0) is 6.92 Å². The van der Waals surface area contributed by atoms with Crippen LogP contribution in [0.15, 0.2) is 0 Å². The molecule has 16 heavy (non-hydrogen) atoms. The maximum atomic E-state index is 5.89. The van der Waals surface area contributed by atoms with Gasteiger partial charge in [0.1, 0.15) is 17.5 Å². The average Bonchev–Trinajstić information content (AvgIpc) is 2.33. The first-order valence-corrected chi connectivity index (χ1v) is 5.68. The van der Waals surface area contributed by atoms with Crippen LogP contribution in [0.2, 0.25) is 0 Å². The lowest BCUT2D eigenvalue weighted by Gasteiger charge is -2.29. The van der Waals surface area contributed by atoms with Crippen molar-refractivity contribution in [1.82, 2.24) is 9.97 Å². The number of aromatic nitrogens is 2. The fourth-order valence-electron chi connectivity index (χ4n) is 1.81. The molecule has 2 N–H and O–H groups in total. The van der Waals surface area contributed by atoms with Crippen LogP contribution in [0.25, 0.3) is 0 Å². The van der Waals surface area contributed by atoms with Crippen molar-refractivity contribution < 1.29 is 4.74 Å². The third-order valence-electron chi connectivity index (χ3n) is 2.83. The largest absolute Gasteiger partial charge is 0.383 e. The van der Waals surface area contributed by atoms with E-state index in [0.29, 0.717) is 5.82 Å². The Balaban J connectivity index is 2.33. The number of hydrogen-bond donors (Lipinski definition) is 1. The van der Waals surface area contributed by atoms with Crippen molar-refractivity contribution in [2.24, 2.45) is 0 Å². The Morgan fingerprint density at radius 3 is 2.62 bits per heavy atom. The molecular weight excluding hydrogens is 204 g/mol. The van der Waals surface area contributed by atoms with Crippen LogP contribution in [0.1, 0.15) is 18.3 Å². The fraction of sp³-hybridized carbons (Fsp3) is 0.636. The van der Waals surface area contributed by atoms with Crippen LogP contribution < -0.4 is 10.6 Å². The summed E-state index contributed by atoms with van der Waals surface area (Å²) < 4.78 is 5.33. The van der Waals surface area contributed by atoms with E-state index in [1.165, 1.54) is 0 Å². The molecule has 0 aromatic carbocycles. The molecule has 0 aliphatic carbocycles. The summed E-state index contributed by atoms with van der Waals surface area (Å²) in [6.07, 6.45) is 0.807. The third-order valence-corrected chi connectivity index (χ3v) is 2.83. The van der Waals surface area contributed by atoms with Gasteiger partial charge in [-0.25, -0.2) is 9.97 Å². The summed E-state index contributed by atoms with van der Waals surface area (Å²) in [6, 6.07) is 0. The Labute approximate surface area is 95.6 Å².